The summed E-state index contributed by atoms with van der Waals surface area (Å²) >= 11 is 5.87. The minimum Gasteiger partial charge on any atom is -0.494 e. The third-order valence-corrected chi connectivity index (χ3v) is 4.78. The lowest BCUT2D eigenvalue weighted by atomic mass is 10.0. The van der Waals surface area contributed by atoms with E-state index in [1.807, 2.05) is 32.0 Å². The molecule has 2 aromatic rings. The lowest BCUT2D eigenvalue weighted by Crippen LogP contribution is -2.37. The predicted molar refractivity (Wildman–Crippen MR) is 106 cm³/mol. The fourth-order valence-corrected chi connectivity index (χ4v) is 3.61. The molecule has 1 N–H and O–H groups in total. The second-order valence-electron chi connectivity index (χ2n) is 6.80. The monoisotopic (exact) mass is 386 g/mol. The highest BCUT2D eigenvalue weighted by atomic mass is 35.5. The molecular weight excluding hydrogens is 364 g/mol. The maximum absolute atomic E-state index is 12.9. The fourth-order valence-electron chi connectivity index (χ4n) is 3.49. The van der Waals surface area contributed by atoms with E-state index >= 15 is 0 Å². The van der Waals surface area contributed by atoms with Crippen molar-refractivity contribution < 1.29 is 14.3 Å². The second-order valence-corrected chi connectivity index (χ2v) is 7.24. The number of aryl methyl sites for hydroxylation is 2. The Hall–Kier alpha value is -2.53. The number of ether oxygens (including phenoxy) is 1. The molecule has 1 aliphatic heterocycles. The average molecular weight is 387 g/mol. The summed E-state index contributed by atoms with van der Waals surface area (Å²) in [4.78, 5) is 26.2. The minimum absolute atomic E-state index is 0.0969. The van der Waals surface area contributed by atoms with Gasteiger partial charge in [0.1, 0.15) is 11.8 Å². The zero-order chi connectivity index (χ0) is 19.6. The predicted octanol–water partition coefficient (Wildman–Crippen LogP) is 3.95. The molecule has 0 unspecified atom stereocenters. The van der Waals surface area contributed by atoms with E-state index in [1.54, 1.807) is 17.0 Å². The Morgan fingerprint density at radius 1 is 1.22 bits per heavy atom. The summed E-state index contributed by atoms with van der Waals surface area (Å²) in [7, 11) is 0. The van der Waals surface area contributed by atoms with Crippen molar-refractivity contribution in [2.45, 2.75) is 33.2 Å². The van der Waals surface area contributed by atoms with Gasteiger partial charge in [0.15, 0.2) is 0 Å². The van der Waals surface area contributed by atoms with Crippen LogP contribution in [0.3, 0.4) is 0 Å². The van der Waals surface area contributed by atoms with Crippen molar-refractivity contribution in [1.29, 1.82) is 0 Å². The van der Waals surface area contributed by atoms with Gasteiger partial charge in [-0.3, -0.25) is 9.59 Å². The molecule has 0 fully saturated rings. The molecule has 0 spiro atoms. The Bertz CT molecular complexity index is 864. The summed E-state index contributed by atoms with van der Waals surface area (Å²) in [5.74, 6) is 0.433. The molecule has 5 nitrogen and oxygen atoms in total. The summed E-state index contributed by atoms with van der Waals surface area (Å²) in [6.45, 7) is 6.42. The van der Waals surface area contributed by atoms with Crippen LogP contribution in [0.15, 0.2) is 36.4 Å². The van der Waals surface area contributed by atoms with E-state index in [-0.39, 0.29) is 11.8 Å². The Kier molecular flexibility index (Phi) is 5.71. The quantitative estimate of drug-likeness (QED) is 0.765. The summed E-state index contributed by atoms with van der Waals surface area (Å²) < 4.78 is 5.72. The van der Waals surface area contributed by atoms with Crippen LogP contribution in [-0.4, -0.2) is 25.0 Å². The van der Waals surface area contributed by atoms with Gasteiger partial charge in [0, 0.05) is 24.1 Å². The highest BCUT2D eigenvalue weighted by Gasteiger charge is 2.38. The molecule has 3 rings (SSSR count). The average Bonchev–Trinajstić information content (AvgIpc) is 2.85. The van der Waals surface area contributed by atoms with E-state index in [0.717, 1.165) is 28.1 Å². The van der Waals surface area contributed by atoms with Crippen LogP contribution in [0.5, 0.6) is 5.75 Å². The van der Waals surface area contributed by atoms with Gasteiger partial charge in [0.25, 0.3) is 5.91 Å². The van der Waals surface area contributed by atoms with Crippen molar-refractivity contribution in [2.75, 3.05) is 18.1 Å². The van der Waals surface area contributed by atoms with Crippen LogP contribution in [0.25, 0.3) is 0 Å². The third kappa shape index (κ3) is 4.25. The van der Waals surface area contributed by atoms with Gasteiger partial charge in [-0.1, -0.05) is 29.3 Å². The van der Waals surface area contributed by atoms with Crippen molar-refractivity contribution in [1.82, 2.24) is 5.32 Å². The lowest BCUT2D eigenvalue weighted by Gasteiger charge is -2.20. The van der Waals surface area contributed by atoms with Crippen molar-refractivity contribution in [2.24, 2.45) is 0 Å². The van der Waals surface area contributed by atoms with Crippen LogP contribution < -0.4 is 15.0 Å². The van der Waals surface area contributed by atoms with Gasteiger partial charge < -0.3 is 15.0 Å². The van der Waals surface area contributed by atoms with Crippen LogP contribution in [0.4, 0.5) is 5.69 Å². The van der Waals surface area contributed by atoms with E-state index in [2.05, 4.69) is 11.4 Å². The zero-order valence-corrected chi connectivity index (χ0v) is 16.5. The number of nitrogens with one attached hydrogen (secondary N) is 1. The topological polar surface area (TPSA) is 58.6 Å². The summed E-state index contributed by atoms with van der Waals surface area (Å²) in [6.07, 6.45) is 0.675. The number of hydrogen-bond acceptors (Lipinski definition) is 3. The lowest BCUT2D eigenvalue weighted by molar-refractivity contribution is -0.126. The minimum atomic E-state index is -0.617. The number of halogens is 1. The standard InChI is InChI=1S/C21H23ClN2O3/c1-13-11-14(2)20-18(12-13)19(23-15(3)25)21(26)24(20)9-4-10-27-17-7-5-16(22)6-8-17/h5-8,11-12,19H,4,9-10H2,1-3H3,(H,23,25)/t19-/m0/s1. The summed E-state index contributed by atoms with van der Waals surface area (Å²) in [5, 5.41) is 3.44. The number of carbonyl (C=O) groups is 2. The largest absolute Gasteiger partial charge is 0.494 e. The molecule has 142 valence electrons. The maximum atomic E-state index is 12.9. The molecule has 6 heteroatoms. The fraction of sp³-hybridized carbons (Fsp3) is 0.333. The number of anilines is 1. The van der Waals surface area contributed by atoms with Gasteiger partial charge in [0.2, 0.25) is 5.91 Å². The van der Waals surface area contributed by atoms with Gasteiger partial charge >= 0.3 is 0 Å². The van der Waals surface area contributed by atoms with Gasteiger partial charge in [-0.2, -0.15) is 0 Å². The van der Waals surface area contributed by atoms with Crippen LogP contribution in [-0.2, 0) is 9.59 Å². The Morgan fingerprint density at radius 2 is 1.93 bits per heavy atom. The van der Waals surface area contributed by atoms with Gasteiger partial charge in [-0.25, -0.2) is 0 Å². The molecular formula is C21H23ClN2O3. The van der Waals surface area contributed by atoms with Crippen LogP contribution >= 0.6 is 11.6 Å². The van der Waals surface area contributed by atoms with Crippen molar-refractivity contribution in [3.63, 3.8) is 0 Å². The van der Waals surface area contributed by atoms with E-state index < -0.39 is 6.04 Å². The number of rotatable bonds is 6. The summed E-state index contributed by atoms with van der Waals surface area (Å²) in [5.41, 5.74) is 3.87. The number of hydrogen-bond donors (Lipinski definition) is 1. The normalized spacial score (nSPS) is 15.6. The van der Waals surface area contributed by atoms with Crippen molar-refractivity contribution in [3.8, 4) is 5.75 Å². The molecule has 1 atom stereocenters. The third-order valence-electron chi connectivity index (χ3n) is 4.52. The smallest absolute Gasteiger partial charge is 0.254 e. The molecule has 0 bridgehead atoms. The van der Waals surface area contributed by atoms with Crippen LogP contribution in [0.1, 0.15) is 36.1 Å². The van der Waals surface area contributed by atoms with Gasteiger partial charge in [-0.15, -0.1) is 0 Å². The molecule has 1 heterocycles. The Balaban J connectivity index is 1.71. The molecule has 0 aliphatic carbocycles. The van der Waals surface area contributed by atoms with Gasteiger partial charge in [0.05, 0.1) is 12.3 Å². The molecule has 1 aliphatic rings. The van der Waals surface area contributed by atoms with Crippen molar-refractivity contribution in [3.05, 3.63) is 58.1 Å². The number of nitrogens with zero attached hydrogens (tertiary/aromatic N) is 1. The number of fused-ring (bicyclic) bond motifs is 1. The Labute approximate surface area is 164 Å². The first-order valence-corrected chi connectivity index (χ1v) is 9.32. The number of benzene rings is 2. The van der Waals surface area contributed by atoms with E-state index in [1.165, 1.54) is 6.92 Å². The van der Waals surface area contributed by atoms with Crippen LogP contribution in [0.2, 0.25) is 5.02 Å². The zero-order valence-electron chi connectivity index (χ0n) is 15.7. The highest BCUT2D eigenvalue weighted by molar-refractivity contribution is 6.30. The molecule has 0 aromatic heterocycles. The second kappa shape index (κ2) is 8.01. The van der Waals surface area contributed by atoms with E-state index in [0.29, 0.717) is 24.6 Å². The number of carbonyl (C=O) groups excluding carboxylic acids is 2. The summed E-state index contributed by atoms with van der Waals surface area (Å²) in [6, 6.07) is 10.6. The molecule has 0 radical (unpaired) electrons. The molecule has 27 heavy (non-hydrogen) atoms. The highest BCUT2D eigenvalue weighted by Crippen LogP contribution is 2.39. The molecule has 2 amide bonds. The van der Waals surface area contributed by atoms with Crippen molar-refractivity contribution >= 4 is 29.1 Å². The molecule has 2 aromatic carbocycles. The van der Waals surface area contributed by atoms with E-state index in [4.69, 9.17) is 16.3 Å². The van der Waals surface area contributed by atoms with E-state index in [9.17, 15) is 9.59 Å². The molecule has 0 saturated carbocycles. The first-order chi connectivity index (χ1) is 12.9. The first-order valence-electron chi connectivity index (χ1n) is 8.95. The molecule has 0 saturated heterocycles. The Morgan fingerprint density at radius 3 is 2.59 bits per heavy atom. The van der Waals surface area contributed by atoms with Gasteiger partial charge in [-0.05, 0) is 50.1 Å². The first kappa shape index (κ1) is 19.2. The number of amides is 2. The van der Waals surface area contributed by atoms with Crippen LogP contribution in [0, 0.1) is 13.8 Å². The SMILES string of the molecule is CC(=O)N[C@@H]1C(=O)N(CCCOc2ccc(Cl)cc2)c2c(C)cc(C)cc21. The maximum Gasteiger partial charge on any atom is 0.254 e.